The van der Waals surface area contributed by atoms with E-state index in [1.807, 2.05) is 6.92 Å². The zero-order valence-corrected chi connectivity index (χ0v) is 17.3. The Morgan fingerprint density at radius 1 is 1.19 bits per heavy atom. The third kappa shape index (κ3) is 4.06. The van der Waals surface area contributed by atoms with Crippen LogP contribution in [0.15, 0.2) is 0 Å². The standard InChI is InChI=1S/C22H34N4O/c1-15(2)25(18-9-5-6-10-18)14-21(27)24-22-20(13-23)16(3)17(4)26(22)19-11-7-8-12-19/h15,18-19H,5-12,14H2,1-4H3,(H,24,27). The molecule has 1 aromatic rings. The topological polar surface area (TPSA) is 61.1 Å². The molecule has 1 aromatic heterocycles. The molecule has 0 unspecified atom stereocenters. The van der Waals surface area contributed by atoms with Gasteiger partial charge in [0.25, 0.3) is 0 Å². The van der Waals surface area contributed by atoms with Crippen molar-refractivity contribution in [1.29, 1.82) is 5.26 Å². The zero-order valence-electron chi connectivity index (χ0n) is 17.3. The van der Waals surface area contributed by atoms with E-state index in [4.69, 9.17) is 0 Å². The Labute approximate surface area is 163 Å². The number of aromatic nitrogens is 1. The van der Waals surface area contributed by atoms with E-state index in [1.165, 1.54) is 38.5 Å². The molecule has 0 radical (unpaired) electrons. The lowest BCUT2D eigenvalue weighted by Crippen LogP contribution is -2.44. The van der Waals surface area contributed by atoms with E-state index in [0.717, 1.165) is 29.9 Å². The van der Waals surface area contributed by atoms with Crippen molar-refractivity contribution in [2.24, 2.45) is 0 Å². The van der Waals surface area contributed by atoms with Crippen LogP contribution in [0.5, 0.6) is 0 Å². The van der Waals surface area contributed by atoms with E-state index >= 15 is 0 Å². The Morgan fingerprint density at radius 3 is 2.33 bits per heavy atom. The highest BCUT2D eigenvalue weighted by Crippen LogP contribution is 2.37. The van der Waals surface area contributed by atoms with Gasteiger partial charge in [-0.1, -0.05) is 25.7 Å². The van der Waals surface area contributed by atoms with Crippen LogP contribution in [-0.4, -0.2) is 34.0 Å². The zero-order chi connectivity index (χ0) is 19.6. The minimum absolute atomic E-state index is 0.00356. The fourth-order valence-corrected chi connectivity index (χ4v) is 5.01. The molecule has 2 aliphatic rings. The van der Waals surface area contributed by atoms with Crippen molar-refractivity contribution in [3.05, 3.63) is 16.8 Å². The number of nitrogens with one attached hydrogen (secondary N) is 1. The monoisotopic (exact) mass is 370 g/mol. The molecule has 148 valence electrons. The molecule has 5 nitrogen and oxygen atoms in total. The minimum atomic E-state index is 0.00356. The van der Waals surface area contributed by atoms with Gasteiger partial charge in [0.05, 0.1) is 12.1 Å². The van der Waals surface area contributed by atoms with E-state index in [2.05, 4.69) is 41.6 Å². The lowest BCUT2D eigenvalue weighted by molar-refractivity contribution is -0.118. The first-order valence-electron chi connectivity index (χ1n) is 10.6. The fraction of sp³-hybridized carbons (Fsp3) is 0.727. The molecule has 0 aromatic carbocycles. The number of carbonyl (C=O) groups excluding carboxylic acids is 1. The van der Waals surface area contributed by atoms with E-state index in [-0.39, 0.29) is 5.91 Å². The Kier molecular flexibility index (Phi) is 6.26. The summed E-state index contributed by atoms with van der Waals surface area (Å²) < 4.78 is 2.23. The van der Waals surface area contributed by atoms with Gasteiger partial charge in [0, 0.05) is 23.8 Å². The quantitative estimate of drug-likeness (QED) is 0.790. The second-order valence-corrected chi connectivity index (χ2v) is 8.61. The van der Waals surface area contributed by atoms with Gasteiger partial charge in [-0.05, 0) is 58.9 Å². The average molecular weight is 371 g/mol. The molecule has 27 heavy (non-hydrogen) atoms. The van der Waals surface area contributed by atoms with Crippen LogP contribution in [0.2, 0.25) is 0 Å². The summed E-state index contributed by atoms with van der Waals surface area (Å²) in [5, 5.41) is 12.8. The number of rotatable bonds is 6. The SMILES string of the molecule is Cc1c(C#N)c(NC(=O)CN(C(C)C)C2CCCC2)n(C2CCCC2)c1C. The highest BCUT2D eigenvalue weighted by Gasteiger charge is 2.29. The second-order valence-electron chi connectivity index (χ2n) is 8.61. The van der Waals surface area contributed by atoms with Crippen LogP contribution in [0.1, 0.15) is 88.1 Å². The number of nitrogens with zero attached hydrogens (tertiary/aromatic N) is 3. The molecule has 5 heteroatoms. The van der Waals surface area contributed by atoms with Crippen molar-refractivity contribution < 1.29 is 4.79 Å². The van der Waals surface area contributed by atoms with Crippen LogP contribution >= 0.6 is 0 Å². The predicted octanol–water partition coefficient (Wildman–Crippen LogP) is 4.68. The van der Waals surface area contributed by atoms with Crippen LogP contribution in [0.4, 0.5) is 5.82 Å². The lowest BCUT2D eigenvalue weighted by atomic mass is 10.1. The molecule has 3 rings (SSSR count). The first-order valence-corrected chi connectivity index (χ1v) is 10.6. The average Bonchev–Trinajstić information content (AvgIpc) is 3.36. The summed E-state index contributed by atoms with van der Waals surface area (Å²) in [4.78, 5) is 15.3. The molecule has 1 N–H and O–H groups in total. The number of amides is 1. The van der Waals surface area contributed by atoms with Crippen LogP contribution in [0.3, 0.4) is 0 Å². The third-order valence-corrected chi connectivity index (χ3v) is 6.60. The van der Waals surface area contributed by atoms with Gasteiger partial charge in [0.15, 0.2) is 0 Å². The maximum absolute atomic E-state index is 13.0. The Hall–Kier alpha value is -1.80. The summed E-state index contributed by atoms with van der Waals surface area (Å²) in [5.74, 6) is 0.725. The van der Waals surface area contributed by atoms with E-state index < -0.39 is 0 Å². The lowest BCUT2D eigenvalue weighted by Gasteiger charge is -2.32. The summed E-state index contributed by atoms with van der Waals surface area (Å²) in [6.07, 6.45) is 9.59. The van der Waals surface area contributed by atoms with Crippen LogP contribution < -0.4 is 5.32 Å². The van der Waals surface area contributed by atoms with Crippen LogP contribution in [-0.2, 0) is 4.79 Å². The molecule has 1 heterocycles. The second kappa shape index (κ2) is 8.48. The van der Waals surface area contributed by atoms with Crippen molar-refractivity contribution in [3.63, 3.8) is 0 Å². The van der Waals surface area contributed by atoms with Crippen molar-refractivity contribution in [1.82, 2.24) is 9.47 Å². The van der Waals surface area contributed by atoms with E-state index in [0.29, 0.717) is 30.2 Å². The van der Waals surface area contributed by atoms with Crippen LogP contribution in [0, 0.1) is 25.2 Å². The number of nitriles is 1. The molecule has 1 amide bonds. The molecule has 2 fully saturated rings. The Balaban J connectivity index is 1.82. The molecule has 0 spiro atoms. The van der Waals surface area contributed by atoms with Gasteiger partial charge in [0.2, 0.25) is 5.91 Å². The first-order chi connectivity index (χ1) is 12.9. The minimum Gasteiger partial charge on any atom is -0.327 e. The predicted molar refractivity (Wildman–Crippen MR) is 109 cm³/mol. The number of hydrogen-bond acceptors (Lipinski definition) is 3. The fourth-order valence-electron chi connectivity index (χ4n) is 5.01. The summed E-state index contributed by atoms with van der Waals surface area (Å²) in [7, 11) is 0. The molecule has 0 saturated heterocycles. The van der Waals surface area contributed by atoms with Gasteiger partial charge in [-0.3, -0.25) is 9.69 Å². The molecule has 2 saturated carbocycles. The summed E-state index contributed by atoms with van der Waals surface area (Å²) >= 11 is 0. The number of hydrogen-bond donors (Lipinski definition) is 1. The molecular weight excluding hydrogens is 336 g/mol. The van der Waals surface area contributed by atoms with Crippen LogP contribution in [0.25, 0.3) is 0 Å². The van der Waals surface area contributed by atoms with Crippen molar-refractivity contribution >= 4 is 11.7 Å². The highest BCUT2D eigenvalue weighted by molar-refractivity contribution is 5.93. The smallest absolute Gasteiger partial charge is 0.239 e. The summed E-state index contributed by atoms with van der Waals surface area (Å²) in [6, 6.07) is 3.59. The summed E-state index contributed by atoms with van der Waals surface area (Å²) in [5.41, 5.74) is 2.74. The van der Waals surface area contributed by atoms with Gasteiger partial charge in [-0.2, -0.15) is 5.26 Å². The van der Waals surface area contributed by atoms with E-state index in [9.17, 15) is 10.1 Å². The van der Waals surface area contributed by atoms with Crippen molar-refractivity contribution in [2.75, 3.05) is 11.9 Å². The highest BCUT2D eigenvalue weighted by atomic mass is 16.2. The third-order valence-electron chi connectivity index (χ3n) is 6.60. The van der Waals surface area contributed by atoms with Gasteiger partial charge < -0.3 is 9.88 Å². The van der Waals surface area contributed by atoms with Gasteiger partial charge in [0.1, 0.15) is 11.9 Å². The first kappa shape index (κ1) is 19.9. The Morgan fingerprint density at radius 2 is 1.78 bits per heavy atom. The molecule has 2 aliphatic carbocycles. The van der Waals surface area contributed by atoms with Gasteiger partial charge >= 0.3 is 0 Å². The van der Waals surface area contributed by atoms with Crippen molar-refractivity contribution in [3.8, 4) is 6.07 Å². The number of anilines is 1. The molecule has 0 atom stereocenters. The maximum Gasteiger partial charge on any atom is 0.239 e. The van der Waals surface area contributed by atoms with Crippen molar-refractivity contribution in [2.45, 2.75) is 97.2 Å². The molecule has 0 bridgehead atoms. The molecular formula is C22H34N4O. The number of carbonyl (C=O) groups is 1. The van der Waals surface area contributed by atoms with Gasteiger partial charge in [-0.25, -0.2) is 0 Å². The largest absolute Gasteiger partial charge is 0.327 e. The summed E-state index contributed by atoms with van der Waals surface area (Å²) in [6.45, 7) is 8.81. The normalized spacial score (nSPS) is 18.6. The Bertz CT molecular complexity index is 716. The van der Waals surface area contributed by atoms with E-state index in [1.54, 1.807) is 0 Å². The maximum atomic E-state index is 13.0. The molecule has 0 aliphatic heterocycles. The van der Waals surface area contributed by atoms with Gasteiger partial charge in [-0.15, -0.1) is 0 Å².